The van der Waals surface area contributed by atoms with Gasteiger partial charge in [-0.3, -0.25) is 4.79 Å². The number of benzene rings is 1. The molecular weight excluding hydrogens is 394 g/mol. The normalized spacial score (nSPS) is 14.8. The third-order valence-electron chi connectivity index (χ3n) is 5.16. The number of likely N-dealkylation sites (tertiary alicyclic amines) is 1. The van der Waals surface area contributed by atoms with Crippen molar-refractivity contribution in [2.45, 2.75) is 59.0 Å². The number of piperidine rings is 1. The monoisotopic (exact) mass is 431 g/mol. The van der Waals surface area contributed by atoms with Crippen LogP contribution in [0.5, 0.6) is 0 Å². The zero-order valence-electron chi connectivity index (χ0n) is 19.1. The number of ether oxygens (including phenoxy) is 1. The van der Waals surface area contributed by atoms with Crippen LogP contribution in [-0.4, -0.2) is 61.7 Å². The minimum Gasteiger partial charge on any atom is -0.450 e. The Kier molecular flexibility index (Phi) is 10.7. The molecule has 1 aromatic carbocycles. The van der Waals surface area contributed by atoms with Gasteiger partial charge in [-0.2, -0.15) is 0 Å². The maximum Gasteiger partial charge on any atom is 0.409 e. The highest BCUT2D eigenvalue weighted by Crippen LogP contribution is 2.12. The minimum atomic E-state index is -0.232. The first-order valence-electron chi connectivity index (χ1n) is 11.4. The summed E-state index contributed by atoms with van der Waals surface area (Å²) in [7, 11) is 0. The molecule has 1 saturated heterocycles. The van der Waals surface area contributed by atoms with E-state index >= 15 is 0 Å². The molecule has 0 saturated carbocycles. The summed E-state index contributed by atoms with van der Waals surface area (Å²) in [4.78, 5) is 30.4. The van der Waals surface area contributed by atoms with Gasteiger partial charge in [-0.05, 0) is 50.8 Å². The van der Waals surface area contributed by atoms with Crippen molar-refractivity contribution >= 4 is 18.0 Å². The Labute approximate surface area is 185 Å². The summed E-state index contributed by atoms with van der Waals surface area (Å²) >= 11 is 0. The van der Waals surface area contributed by atoms with Crippen molar-refractivity contribution in [3.63, 3.8) is 0 Å². The van der Waals surface area contributed by atoms with E-state index in [0.29, 0.717) is 38.3 Å². The van der Waals surface area contributed by atoms with Crippen LogP contribution in [0.25, 0.3) is 0 Å². The molecule has 8 nitrogen and oxygen atoms in total. The second-order valence-electron chi connectivity index (χ2n) is 7.61. The quantitative estimate of drug-likeness (QED) is 0.317. The molecule has 2 amide bonds. The second kappa shape index (κ2) is 13.5. The molecule has 1 aromatic rings. The highest BCUT2D eigenvalue weighted by Gasteiger charge is 2.24. The molecule has 8 heteroatoms. The average Bonchev–Trinajstić information content (AvgIpc) is 2.78. The number of guanidine groups is 1. The van der Waals surface area contributed by atoms with E-state index in [1.54, 1.807) is 4.90 Å². The molecule has 172 valence electrons. The van der Waals surface area contributed by atoms with Crippen molar-refractivity contribution in [1.82, 2.24) is 20.9 Å². The maximum absolute atomic E-state index is 12.1. The van der Waals surface area contributed by atoms with E-state index in [9.17, 15) is 9.59 Å². The number of amides is 2. The van der Waals surface area contributed by atoms with Gasteiger partial charge in [-0.25, -0.2) is 9.79 Å². The number of hydrogen-bond acceptors (Lipinski definition) is 4. The van der Waals surface area contributed by atoms with Crippen LogP contribution in [0.15, 0.2) is 29.3 Å². The van der Waals surface area contributed by atoms with E-state index < -0.39 is 0 Å². The fourth-order valence-electron chi connectivity index (χ4n) is 3.35. The Bertz CT molecular complexity index is 712. The Balaban J connectivity index is 1.85. The Morgan fingerprint density at radius 2 is 1.81 bits per heavy atom. The highest BCUT2D eigenvalue weighted by molar-refractivity contribution is 5.94. The topological polar surface area (TPSA) is 95.1 Å². The predicted molar refractivity (Wildman–Crippen MR) is 123 cm³/mol. The second-order valence-corrected chi connectivity index (χ2v) is 7.61. The Morgan fingerprint density at radius 1 is 1.10 bits per heavy atom. The zero-order valence-corrected chi connectivity index (χ0v) is 19.1. The standard InChI is InChI=1S/C23H37N5O3/c1-4-7-14-25-21(29)19-10-8-18(9-11-19)17-26-22(24-5-2)27-20-12-15-28(16-13-20)23(30)31-6-3/h8-11,20H,4-7,12-17H2,1-3H3,(H,25,29)(H2,24,26,27). The van der Waals surface area contributed by atoms with Crippen LogP contribution in [-0.2, 0) is 11.3 Å². The molecule has 0 bridgehead atoms. The lowest BCUT2D eigenvalue weighted by molar-refractivity contribution is 0.0948. The third-order valence-corrected chi connectivity index (χ3v) is 5.16. The van der Waals surface area contributed by atoms with Crippen LogP contribution < -0.4 is 16.0 Å². The van der Waals surface area contributed by atoms with Crippen LogP contribution in [0, 0.1) is 0 Å². The molecule has 0 unspecified atom stereocenters. The minimum absolute atomic E-state index is 0.0346. The van der Waals surface area contributed by atoms with E-state index in [1.807, 2.05) is 38.1 Å². The molecule has 31 heavy (non-hydrogen) atoms. The van der Waals surface area contributed by atoms with E-state index in [0.717, 1.165) is 43.8 Å². The van der Waals surface area contributed by atoms with Gasteiger partial charge in [-0.1, -0.05) is 25.5 Å². The Hall–Kier alpha value is -2.77. The van der Waals surface area contributed by atoms with Gasteiger partial charge in [0.05, 0.1) is 13.2 Å². The summed E-state index contributed by atoms with van der Waals surface area (Å²) in [6.45, 7) is 9.71. The van der Waals surface area contributed by atoms with E-state index in [2.05, 4.69) is 27.9 Å². The van der Waals surface area contributed by atoms with Gasteiger partial charge >= 0.3 is 6.09 Å². The summed E-state index contributed by atoms with van der Waals surface area (Å²) < 4.78 is 5.08. The molecule has 0 spiro atoms. The summed E-state index contributed by atoms with van der Waals surface area (Å²) in [5.41, 5.74) is 1.71. The smallest absolute Gasteiger partial charge is 0.409 e. The highest BCUT2D eigenvalue weighted by atomic mass is 16.6. The van der Waals surface area contributed by atoms with Crippen LogP contribution in [0.1, 0.15) is 62.4 Å². The molecule has 1 heterocycles. The van der Waals surface area contributed by atoms with Gasteiger partial charge in [0.15, 0.2) is 5.96 Å². The maximum atomic E-state index is 12.1. The number of aliphatic imine (C=N–C) groups is 1. The molecule has 1 aliphatic heterocycles. The lowest BCUT2D eigenvalue weighted by Crippen LogP contribution is -2.49. The summed E-state index contributed by atoms with van der Waals surface area (Å²) in [5.74, 6) is 0.728. The van der Waals surface area contributed by atoms with Crippen LogP contribution in [0.4, 0.5) is 4.79 Å². The molecule has 1 fully saturated rings. The van der Waals surface area contributed by atoms with Gasteiger partial charge in [0.25, 0.3) is 5.91 Å². The van der Waals surface area contributed by atoms with E-state index in [1.165, 1.54) is 0 Å². The molecule has 0 aliphatic carbocycles. The Morgan fingerprint density at radius 3 is 2.42 bits per heavy atom. The fraction of sp³-hybridized carbons (Fsp3) is 0.609. The molecule has 1 aliphatic rings. The third kappa shape index (κ3) is 8.47. The van der Waals surface area contributed by atoms with E-state index in [4.69, 9.17) is 4.74 Å². The number of rotatable bonds is 9. The fourth-order valence-corrected chi connectivity index (χ4v) is 3.35. The lowest BCUT2D eigenvalue weighted by Gasteiger charge is -2.32. The first kappa shape index (κ1) is 24.5. The average molecular weight is 432 g/mol. The van der Waals surface area contributed by atoms with Crippen molar-refractivity contribution in [3.8, 4) is 0 Å². The SMILES string of the molecule is CCCCNC(=O)c1ccc(CN=C(NCC)NC2CCN(C(=O)OCC)CC2)cc1. The summed E-state index contributed by atoms with van der Waals surface area (Å²) in [6.07, 6.45) is 3.52. The van der Waals surface area contributed by atoms with E-state index in [-0.39, 0.29) is 18.0 Å². The number of carbonyl (C=O) groups is 2. The number of unbranched alkanes of at least 4 members (excludes halogenated alkanes) is 1. The van der Waals surface area contributed by atoms with Gasteiger partial charge in [0.1, 0.15) is 0 Å². The van der Waals surface area contributed by atoms with Crippen LogP contribution >= 0.6 is 0 Å². The van der Waals surface area contributed by atoms with Gasteiger partial charge in [0.2, 0.25) is 0 Å². The van der Waals surface area contributed by atoms with Gasteiger partial charge < -0.3 is 25.6 Å². The number of hydrogen-bond donors (Lipinski definition) is 3. The lowest BCUT2D eigenvalue weighted by atomic mass is 10.1. The molecular formula is C23H37N5O3. The first-order valence-corrected chi connectivity index (χ1v) is 11.4. The number of nitrogens with zero attached hydrogens (tertiary/aromatic N) is 2. The first-order chi connectivity index (χ1) is 15.1. The summed E-state index contributed by atoms with van der Waals surface area (Å²) in [5, 5.41) is 9.69. The van der Waals surface area contributed by atoms with Gasteiger partial charge in [-0.15, -0.1) is 0 Å². The van der Waals surface area contributed by atoms with Crippen molar-refractivity contribution in [2.75, 3.05) is 32.8 Å². The van der Waals surface area contributed by atoms with Crippen LogP contribution in [0.2, 0.25) is 0 Å². The number of nitrogens with one attached hydrogen (secondary N) is 3. The van der Waals surface area contributed by atoms with Crippen molar-refractivity contribution in [1.29, 1.82) is 0 Å². The molecule has 2 rings (SSSR count). The van der Waals surface area contributed by atoms with Crippen LogP contribution in [0.3, 0.4) is 0 Å². The van der Waals surface area contributed by atoms with Gasteiger partial charge in [0, 0.05) is 37.8 Å². The van der Waals surface area contributed by atoms with Crippen molar-refractivity contribution < 1.29 is 14.3 Å². The van der Waals surface area contributed by atoms with Crippen molar-refractivity contribution in [3.05, 3.63) is 35.4 Å². The molecule has 3 N–H and O–H groups in total. The predicted octanol–water partition coefficient (Wildman–Crippen LogP) is 2.89. The molecule has 0 atom stereocenters. The molecule has 0 radical (unpaired) electrons. The largest absolute Gasteiger partial charge is 0.450 e. The van der Waals surface area contributed by atoms with Crippen molar-refractivity contribution in [2.24, 2.45) is 4.99 Å². The molecule has 0 aromatic heterocycles. The zero-order chi connectivity index (χ0) is 22.5. The number of carbonyl (C=O) groups excluding carboxylic acids is 2. The summed E-state index contributed by atoms with van der Waals surface area (Å²) in [6, 6.07) is 7.84.